The molecule has 1 fully saturated rings. The maximum atomic E-state index is 11.4. The fourth-order valence-electron chi connectivity index (χ4n) is 2.13. The molecule has 0 amide bonds. The lowest BCUT2D eigenvalue weighted by atomic mass is 10.1. The highest BCUT2D eigenvalue weighted by atomic mass is 127. The smallest absolute Gasteiger partial charge is 0.193 e. The van der Waals surface area contributed by atoms with Gasteiger partial charge in [-0.1, -0.05) is 12.2 Å². The third kappa shape index (κ3) is 6.60. The quantitative estimate of drug-likeness (QED) is 0.332. The zero-order valence-electron chi connectivity index (χ0n) is 11.8. The van der Waals surface area contributed by atoms with Crippen molar-refractivity contribution < 1.29 is 8.42 Å². The van der Waals surface area contributed by atoms with Gasteiger partial charge in [-0.25, -0.2) is 8.42 Å². The molecule has 0 spiro atoms. The Morgan fingerprint density at radius 1 is 1.53 bits per heavy atom. The summed E-state index contributed by atoms with van der Waals surface area (Å²) in [6.07, 6.45) is 0.747. The molecule has 1 unspecified atom stereocenters. The number of sulfone groups is 1. The Morgan fingerprint density at radius 3 is 2.58 bits per heavy atom. The predicted molar refractivity (Wildman–Crippen MR) is 91.0 cm³/mol. The molecule has 1 heterocycles. The number of guanidine groups is 1. The molecule has 1 saturated heterocycles. The van der Waals surface area contributed by atoms with E-state index >= 15 is 0 Å². The Bertz CT molecular complexity index is 434. The van der Waals surface area contributed by atoms with Gasteiger partial charge in [0.25, 0.3) is 0 Å². The lowest BCUT2D eigenvalue weighted by Crippen LogP contribution is -2.41. The van der Waals surface area contributed by atoms with Crippen molar-refractivity contribution in [2.24, 2.45) is 10.9 Å². The van der Waals surface area contributed by atoms with Crippen LogP contribution in [0, 0.1) is 5.92 Å². The second-order valence-corrected chi connectivity index (χ2v) is 7.24. The maximum absolute atomic E-state index is 11.4. The van der Waals surface area contributed by atoms with Crippen LogP contribution in [0.15, 0.2) is 17.1 Å². The largest absolute Gasteiger partial charge is 0.356 e. The van der Waals surface area contributed by atoms with Gasteiger partial charge >= 0.3 is 0 Å². The van der Waals surface area contributed by atoms with Crippen molar-refractivity contribution in [2.75, 3.05) is 38.7 Å². The van der Waals surface area contributed by atoms with Crippen LogP contribution in [0.25, 0.3) is 0 Å². The first-order valence-electron chi connectivity index (χ1n) is 6.10. The first kappa shape index (κ1) is 18.7. The van der Waals surface area contributed by atoms with Crippen LogP contribution in [-0.2, 0) is 9.84 Å². The normalized spacial score (nSPS) is 21.6. The number of hydrogen-bond donors (Lipinski definition) is 1. The van der Waals surface area contributed by atoms with Gasteiger partial charge in [0.1, 0.15) is 0 Å². The molecule has 1 N–H and O–H groups in total. The van der Waals surface area contributed by atoms with E-state index < -0.39 is 9.84 Å². The zero-order chi connectivity index (χ0) is 13.8. The van der Waals surface area contributed by atoms with Gasteiger partial charge in [-0.15, -0.1) is 24.0 Å². The Balaban J connectivity index is 0.00000324. The van der Waals surface area contributed by atoms with Crippen molar-refractivity contribution in [1.82, 2.24) is 10.2 Å². The number of nitrogens with one attached hydrogen (secondary N) is 1. The molecular formula is C12H24IN3O2S. The Kier molecular flexibility index (Phi) is 7.95. The SMILES string of the molecule is C=C(C)CN(C)C(=NC)NCC1CCS(=O)(=O)C1.I. The van der Waals surface area contributed by atoms with Crippen molar-refractivity contribution in [3.63, 3.8) is 0 Å². The highest BCUT2D eigenvalue weighted by molar-refractivity contribution is 14.0. The van der Waals surface area contributed by atoms with Gasteiger partial charge in [-0.2, -0.15) is 0 Å². The molecule has 0 aromatic heterocycles. The fourth-order valence-corrected chi connectivity index (χ4v) is 3.99. The molecule has 7 heteroatoms. The molecular weight excluding hydrogens is 377 g/mol. The average Bonchev–Trinajstić information content (AvgIpc) is 2.58. The number of halogens is 1. The van der Waals surface area contributed by atoms with Crippen LogP contribution in [0.4, 0.5) is 0 Å². The number of rotatable bonds is 4. The zero-order valence-corrected chi connectivity index (χ0v) is 15.0. The van der Waals surface area contributed by atoms with E-state index in [0.717, 1.165) is 24.5 Å². The van der Waals surface area contributed by atoms with E-state index in [-0.39, 0.29) is 29.9 Å². The predicted octanol–water partition coefficient (Wildman–Crippen LogP) is 1.12. The molecule has 0 aliphatic carbocycles. The van der Waals surface area contributed by atoms with E-state index in [9.17, 15) is 8.42 Å². The molecule has 1 rings (SSSR count). The Hall–Kier alpha value is -0.310. The molecule has 1 aliphatic heterocycles. The molecule has 0 aromatic rings. The molecule has 1 atom stereocenters. The van der Waals surface area contributed by atoms with Crippen molar-refractivity contribution in [3.8, 4) is 0 Å². The number of hydrogen-bond acceptors (Lipinski definition) is 3. The first-order valence-corrected chi connectivity index (χ1v) is 7.93. The van der Waals surface area contributed by atoms with Crippen LogP contribution in [0.1, 0.15) is 13.3 Å². The molecule has 0 saturated carbocycles. The van der Waals surface area contributed by atoms with E-state index in [4.69, 9.17) is 0 Å². The summed E-state index contributed by atoms with van der Waals surface area (Å²) in [7, 11) is 0.868. The van der Waals surface area contributed by atoms with Gasteiger partial charge in [0.15, 0.2) is 15.8 Å². The second kappa shape index (κ2) is 8.08. The third-order valence-corrected chi connectivity index (χ3v) is 4.79. The summed E-state index contributed by atoms with van der Waals surface area (Å²) in [4.78, 5) is 6.16. The van der Waals surface area contributed by atoms with Crippen LogP contribution in [0.2, 0.25) is 0 Å². The Morgan fingerprint density at radius 2 is 2.16 bits per heavy atom. The minimum atomic E-state index is -2.80. The van der Waals surface area contributed by atoms with Gasteiger partial charge in [0.05, 0.1) is 11.5 Å². The molecule has 5 nitrogen and oxygen atoms in total. The number of nitrogens with zero attached hydrogens (tertiary/aromatic N) is 2. The van der Waals surface area contributed by atoms with Gasteiger partial charge in [-0.3, -0.25) is 4.99 Å². The molecule has 19 heavy (non-hydrogen) atoms. The first-order chi connectivity index (χ1) is 8.34. The van der Waals surface area contributed by atoms with Gasteiger partial charge in [-0.05, 0) is 19.3 Å². The van der Waals surface area contributed by atoms with E-state index in [0.29, 0.717) is 18.1 Å². The van der Waals surface area contributed by atoms with E-state index in [1.807, 2.05) is 18.9 Å². The summed E-state index contributed by atoms with van der Waals surface area (Å²) < 4.78 is 22.7. The number of aliphatic imine (C=N–C) groups is 1. The van der Waals surface area contributed by atoms with E-state index in [1.165, 1.54) is 0 Å². The molecule has 112 valence electrons. The standard InChI is InChI=1S/C12H23N3O2S.HI/c1-10(2)8-15(4)12(13-3)14-7-11-5-6-18(16,17)9-11;/h11H,1,5-9H2,2-4H3,(H,13,14);1H. The summed E-state index contributed by atoms with van der Waals surface area (Å²) in [5.74, 6) is 1.59. The molecule has 0 radical (unpaired) electrons. The lowest BCUT2D eigenvalue weighted by molar-refractivity contribution is 0.497. The van der Waals surface area contributed by atoms with Gasteiger partial charge in [0, 0.05) is 27.2 Å². The van der Waals surface area contributed by atoms with Crippen LogP contribution in [-0.4, -0.2) is 58.0 Å². The summed E-state index contributed by atoms with van der Waals surface area (Å²) in [6.45, 7) is 7.23. The molecule has 0 bridgehead atoms. The van der Waals surface area contributed by atoms with Crippen molar-refractivity contribution >= 4 is 39.8 Å². The second-order valence-electron chi connectivity index (χ2n) is 5.01. The van der Waals surface area contributed by atoms with Gasteiger partial charge in [0.2, 0.25) is 0 Å². The average molecular weight is 401 g/mol. The van der Waals surface area contributed by atoms with Crippen LogP contribution >= 0.6 is 24.0 Å². The maximum Gasteiger partial charge on any atom is 0.193 e. The minimum absolute atomic E-state index is 0. The van der Waals surface area contributed by atoms with Crippen molar-refractivity contribution in [3.05, 3.63) is 12.2 Å². The van der Waals surface area contributed by atoms with E-state index in [2.05, 4.69) is 16.9 Å². The summed E-state index contributed by atoms with van der Waals surface area (Å²) in [5, 5.41) is 3.22. The fraction of sp³-hybridized carbons (Fsp3) is 0.750. The lowest BCUT2D eigenvalue weighted by Gasteiger charge is -2.23. The molecule has 0 aromatic carbocycles. The Labute approximate surface area is 133 Å². The van der Waals surface area contributed by atoms with Gasteiger partial charge < -0.3 is 10.2 Å². The van der Waals surface area contributed by atoms with Crippen molar-refractivity contribution in [2.45, 2.75) is 13.3 Å². The summed E-state index contributed by atoms with van der Waals surface area (Å²) in [6, 6.07) is 0. The monoisotopic (exact) mass is 401 g/mol. The minimum Gasteiger partial charge on any atom is -0.356 e. The van der Waals surface area contributed by atoms with Crippen LogP contribution < -0.4 is 5.32 Å². The number of likely N-dealkylation sites (N-methyl/N-ethyl adjacent to an activating group) is 1. The summed E-state index contributed by atoms with van der Waals surface area (Å²) in [5.41, 5.74) is 1.06. The highest BCUT2D eigenvalue weighted by Crippen LogP contribution is 2.17. The molecule has 1 aliphatic rings. The van der Waals surface area contributed by atoms with Crippen LogP contribution in [0.5, 0.6) is 0 Å². The van der Waals surface area contributed by atoms with E-state index in [1.54, 1.807) is 7.05 Å². The third-order valence-electron chi connectivity index (χ3n) is 2.96. The topological polar surface area (TPSA) is 61.8 Å². The van der Waals surface area contributed by atoms with Crippen LogP contribution in [0.3, 0.4) is 0 Å². The highest BCUT2D eigenvalue weighted by Gasteiger charge is 2.27. The summed E-state index contributed by atoms with van der Waals surface area (Å²) >= 11 is 0. The van der Waals surface area contributed by atoms with Crippen molar-refractivity contribution in [1.29, 1.82) is 0 Å².